The lowest BCUT2D eigenvalue weighted by molar-refractivity contribution is -0.129. The summed E-state index contributed by atoms with van der Waals surface area (Å²) in [5.74, 6) is 1.34. The highest BCUT2D eigenvalue weighted by Gasteiger charge is 2.22. The molecule has 4 aromatic rings. The molecule has 1 fully saturated rings. The Morgan fingerprint density at radius 3 is 2.53 bits per heavy atom. The van der Waals surface area contributed by atoms with Gasteiger partial charge in [0.25, 0.3) is 0 Å². The first-order chi connectivity index (χ1) is 16.5. The Morgan fingerprint density at radius 2 is 1.85 bits per heavy atom. The summed E-state index contributed by atoms with van der Waals surface area (Å²) in [6.07, 6.45) is 1.85. The third-order valence-corrected chi connectivity index (χ3v) is 6.60. The molecule has 34 heavy (non-hydrogen) atoms. The molecule has 0 atom stereocenters. The maximum atomic E-state index is 11.7. The number of carbonyl (C=O) groups excluding carboxylic acids is 1. The summed E-state index contributed by atoms with van der Waals surface area (Å²) < 4.78 is 0. The largest absolute Gasteiger partial charge is 0.362 e. The van der Waals surface area contributed by atoms with Crippen molar-refractivity contribution >= 4 is 40.0 Å². The molecule has 0 bridgehead atoms. The van der Waals surface area contributed by atoms with E-state index in [4.69, 9.17) is 15.0 Å². The number of hydrogen-bond donors (Lipinski definition) is 1. The maximum Gasteiger partial charge on any atom is 0.228 e. The predicted molar refractivity (Wildman–Crippen MR) is 132 cm³/mol. The summed E-state index contributed by atoms with van der Waals surface area (Å²) in [6, 6.07) is 7.78. The molecule has 11 heteroatoms. The van der Waals surface area contributed by atoms with E-state index in [2.05, 4.69) is 25.4 Å². The third-order valence-electron chi connectivity index (χ3n) is 5.67. The van der Waals surface area contributed by atoms with E-state index < -0.39 is 0 Å². The van der Waals surface area contributed by atoms with Gasteiger partial charge in [-0.2, -0.15) is 15.2 Å². The lowest BCUT2D eigenvalue weighted by atomic mass is 10.2. The zero-order valence-corrected chi connectivity index (χ0v) is 20.1. The smallest absolute Gasteiger partial charge is 0.228 e. The van der Waals surface area contributed by atoms with E-state index in [9.17, 15) is 4.79 Å². The Kier molecular flexibility index (Phi) is 6.01. The van der Waals surface area contributed by atoms with Crippen LogP contribution in [0.25, 0.3) is 21.7 Å². The fourth-order valence-electron chi connectivity index (χ4n) is 3.78. The Bertz CT molecular complexity index is 1330. The number of amides is 1. The first kappa shape index (κ1) is 22.1. The van der Waals surface area contributed by atoms with Crippen LogP contribution in [0, 0.1) is 13.8 Å². The van der Waals surface area contributed by atoms with Gasteiger partial charge < -0.3 is 15.1 Å². The highest BCUT2D eigenvalue weighted by molar-refractivity contribution is 7.14. The fraction of sp³-hybridized carbons (Fsp3) is 0.348. The third kappa shape index (κ3) is 4.65. The summed E-state index contributed by atoms with van der Waals surface area (Å²) in [5.41, 5.74) is 3.88. The predicted octanol–water partition coefficient (Wildman–Crippen LogP) is 2.84. The van der Waals surface area contributed by atoms with Crippen molar-refractivity contribution < 1.29 is 4.79 Å². The normalized spacial score (nSPS) is 14.0. The van der Waals surface area contributed by atoms with Crippen LogP contribution in [0.5, 0.6) is 0 Å². The Morgan fingerprint density at radius 1 is 1.03 bits per heavy atom. The number of nitrogens with zero attached hydrogens (tertiary/aromatic N) is 8. The van der Waals surface area contributed by atoms with E-state index in [1.807, 2.05) is 49.2 Å². The van der Waals surface area contributed by atoms with Crippen molar-refractivity contribution in [1.82, 2.24) is 35.0 Å². The Hall–Kier alpha value is -3.73. The maximum absolute atomic E-state index is 11.7. The van der Waals surface area contributed by atoms with E-state index in [1.54, 1.807) is 18.3 Å². The van der Waals surface area contributed by atoms with Crippen LogP contribution in [0.2, 0.25) is 0 Å². The average Bonchev–Trinajstić information content (AvgIpc) is 3.29. The Labute approximate surface area is 201 Å². The zero-order valence-electron chi connectivity index (χ0n) is 19.3. The van der Waals surface area contributed by atoms with Crippen molar-refractivity contribution in [3.63, 3.8) is 0 Å². The van der Waals surface area contributed by atoms with Gasteiger partial charge in [-0.1, -0.05) is 0 Å². The first-order valence-corrected chi connectivity index (χ1v) is 11.9. The van der Waals surface area contributed by atoms with Crippen molar-refractivity contribution in [2.45, 2.75) is 27.3 Å². The quantitative estimate of drug-likeness (QED) is 0.465. The number of thiazole rings is 1. The SMILES string of the molecule is CC(=O)N1CCN(c2nc(NCc3ccc(C)nn3)c3nc(-c4ncc(C)s4)ccc3n2)CC1. The van der Waals surface area contributed by atoms with Crippen molar-refractivity contribution in [3.8, 4) is 10.7 Å². The van der Waals surface area contributed by atoms with Crippen LogP contribution < -0.4 is 10.2 Å². The van der Waals surface area contributed by atoms with Crippen LogP contribution >= 0.6 is 11.3 Å². The van der Waals surface area contributed by atoms with Gasteiger partial charge in [-0.3, -0.25) is 4.79 Å². The highest BCUT2D eigenvalue weighted by Crippen LogP contribution is 2.28. The summed E-state index contributed by atoms with van der Waals surface area (Å²) in [7, 11) is 0. The van der Waals surface area contributed by atoms with Crippen molar-refractivity contribution in [2.24, 2.45) is 0 Å². The number of anilines is 2. The minimum Gasteiger partial charge on any atom is -0.362 e. The monoisotopic (exact) mass is 475 g/mol. The molecule has 0 saturated carbocycles. The van der Waals surface area contributed by atoms with Gasteiger partial charge in [-0.05, 0) is 38.1 Å². The first-order valence-electron chi connectivity index (χ1n) is 11.1. The molecular weight excluding hydrogens is 450 g/mol. The van der Waals surface area contributed by atoms with E-state index in [-0.39, 0.29) is 5.91 Å². The molecule has 0 aromatic carbocycles. The minimum atomic E-state index is 0.0924. The van der Waals surface area contributed by atoms with Gasteiger partial charge in [0, 0.05) is 44.2 Å². The van der Waals surface area contributed by atoms with E-state index in [1.165, 1.54) is 0 Å². The van der Waals surface area contributed by atoms with Gasteiger partial charge in [0.05, 0.1) is 29.1 Å². The number of fused-ring (bicyclic) bond motifs is 1. The molecule has 1 aliphatic heterocycles. The number of aryl methyl sites for hydroxylation is 2. The number of rotatable bonds is 5. The minimum absolute atomic E-state index is 0.0924. The van der Waals surface area contributed by atoms with Gasteiger partial charge in [0.2, 0.25) is 11.9 Å². The molecule has 1 aliphatic rings. The lowest BCUT2D eigenvalue weighted by Crippen LogP contribution is -2.48. The highest BCUT2D eigenvalue weighted by atomic mass is 32.1. The zero-order chi connectivity index (χ0) is 23.7. The van der Waals surface area contributed by atoms with Crippen LogP contribution in [0.4, 0.5) is 11.8 Å². The van der Waals surface area contributed by atoms with Gasteiger partial charge in [-0.25, -0.2) is 15.0 Å². The molecule has 0 radical (unpaired) electrons. The summed E-state index contributed by atoms with van der Waals surface area (Å²) in [5, 5.41) is 12.6. The molecule has 1 amide bonds. The summed E-state index contributed by atoms with van der Waals surface area (Å²) >= 11 is 1.60. The molecule has 10 nitrogen and oxygen atoms in total. The van der Waals surface area contributed by atoms with E-state index >= 15 is 0 Å². The van der Waals surface area contributed by atoms with Gasteiger partial charge in [-0.15, -0.1) is 11.3 Å². The number of nitrogens with one attached hydrogen (secondary N) is 1. The average molecular weight is 476 g/mol. The van der Waals surface area contributed by atoms with Gasteiger partial charge in [0.1, 0.15) is 10.5 Å². The van der Waals surface area contributed by atoms with Crippen molar-refractivity contribution in [3.05, 3.63) is 46.7 Å². The van der Waals surface area contributed by atoms with Crippen LogP contribution in [-0.2, 0) is 11.3 Å². The molecule has 5 heterocycles. The van der Waals surface area contributed by atoms with Gasteiger partial charge in [0.15, 0.2) is 5.82 Å². The second-order valence-corrected chi connectivity index (χ2v) is 9.46. The molecule has 0 aliphatic carbocycles. The molecule has 4 aromatic heterocycles. The number of piperazine rings is 1. The van der Waals surface area contributed by atoms with E-state index in [0.29, 0.717) is 50.0 Å². The molecule has 1 N–H and O–H groups in total. The molecular formula is C23H25N9OS. The molecule has 0 spiro atoms. The second kappa shape index (κ2) is 9.26. The Balaban J connectivity index is 1.50. The number of aromatic nitrogens is 6. The summed E-state index contributed by atoms with van der Waals surface area (Å²) in [6.45, 7) is 8.66. The molecule has 5 rings (SSSR count). The standard InChI is InChI=1S/C23H25N9OS/c1-14-4-5-17(30-29-14)13-24-21-20-18(6-7-19(26-20)22-25-12-15(2)34-22)27-23(28-21)32-10-8-31(9-11-32)16(3)33/h4-7,12H,8-11,13H2,1-3H3,(H,24,27,28). The number of carbonyl (C=O) groups is 1. The van der Waals surface area contributed by atoms with Gasteiger partial charge >= 0.3 is 0 Å². The van der Waals surface area contributed by atoms with Crippen molar-refractivity contribution in [1.29, 1.82) is 0 Å². The fourth-order valence-corrected chi connectivity index (χ4v) is 4.51. The number of hydrogen-bond acceptors (Lipinski definition) is 10. The number of pyridine rings is 1. The van der Waals surface area contributed by atoms with E-state index in [0.717, 1.165) is 32.5 Å². The topological polar surface area (TPSA) is 113 Å². The molecule has 174 valence electrons. The lowest BCUT2D eigenvalue weighted by Gasteiger charge is -2.34. The second-order valence-electron chi connectivity index (χ2n) is 8.23. The van der Waals surface area contributed by atoms with Crippen molar-refractivity contribution in [2.75, 3.05) is 36.4 Å². The van der Waals surface area contributed by atoms with Crippen LogP contribution in [0.3, 0.4) is 0 Å². The molecule has 0 unspecified atom stereocenters. The van der Waals surface area contributed by atoms with Crippen LogP contribution in [0.1, 0.15) is 23.2 Å². The molecule has 1 saturated heterocycles. The van der Waals surface area contributed by atoms with Crippen LogP contribution in [0.15, 0.2) is 30.5 Å². The summed E-state index contributed by atoms with van der Waals surface area (Å²) in [4.78, 5) is 35.8. The van der Waals surface area contributed by atoms with Crippen LogP contribution in [-0.4, -0.2) is 67.1 Å².